The van der Waals surface area contributed by atoms with Gasteiger partial charge >= 0.3 is 0 Å². The Morgan fingerprint density at radius 1 is 1.12 bits per heavy atom. The number of nitrogens with two attached hydrogens (primary N) is 1. The highest BCUT2D eigenvalue weighted by atomic mass is 32.2. The van der Waals surface area contributed by atoms with Gasteiger partial charge in [0.05, 0.1) is 11.9 Å². The van der Waals surface area contributed by atoms with E-state index in [4.69, 9.17) is 5.73 Å². The molecule has 0 radical (unpaired) electrons. The number of hydrogen-bond donors (Lipinski definition) is 1. The SMILES string of the molecule is Cc1ccc(Sc2ncc(N)cc2C)cc1. The smallest absolute Gasteiger partial charge is 0.104 e. The van der Waals surface area contributed by atoms with Crippen LogP contribution in [0.15, 0.2) is 46.5 Å². The van der Waals surface area contributed by atoms with Gasteiger partial charge < -0.3 is 5.73 Å². The van der Waals surface area contributed by atoms with Crippen LogP contribution in [0.5, 0.6) is 0 Å². The molecular formula is C13H14N2S. The summed E-state index contributed by atoms with van der Waals surface area (Å²) in [5, 5.41) is 1.01. The zero-order valence-corrected chi connectivity index (χ0v) is 10.2. The summed E-state index contributed by atoms with van der Waals surface area (Å²) in [6, 6.07) is 10.4. The van der Waals surface area contributed by atoms with Crippen molar-refractivity contribution in [3.63, 3.8) is 0 Å². The molecule has 0 spiro atoms. The van der Waals surface area contributed by atoms with E-state index in [2.05, 4.69) is 36.2 Å². The van der Waals surface area contributed by atoms with E-state index in [-0.39, 0.29) is 0 Å². The minimum atomic E-state index is 0.714. The van der Waals surface area contributed by atoms with Gasteiger partial charge in [-0.1, -0.05) is 29.5 Å². The topological polar surface area (TPSA) is 38.9 Å². The lowest BCUT2D eigenvalue weighted by Gasteiger charge is -2.05. The maximum atomic E-state index is 5.67. The molecule has 0 unspecified atom stereocenters. The van der Waals surface area contributed by atoms with Gasteiger partial charge in [-0.15, -0.1) is 0 Å². The number of pyridine rings is 1. The standard InChI is InChI=1S/C13H14N2S/c1-9-3-5-12(6-4-9)16-13-10(2)7-11(14)8-15-13/h3-8H,14H2,1-2H3. The molecule has 2 nitrogen and oxygen atoms in total. The van der Waals surface area contributed by atoms with Crippen molar-refractivity contribution in [1.29, 1.82) is 0 Å². The first kappa shape index (κ1) is 11.0. The fraction of sp³-hybridized carbons (Fsp3) is 0.154. The van der Waals surface area contributed by atoms with Crippen molar-refractivity contribution in [2.75, 3.05) is 5.73 Å². The van der Waals surface area contributed by atoms with Crippen LogP contribution in [-0.2, 0) is 0 Å². The van der Waals surface area contributed by atoms with E-state index in [1.54, 1.807) is 18.0 Å². The highest BCUT2D eigenvalue weighted by molar-refractivity contribution is 7.99. The molecule has 3 heteroatoms. The van der Waals surface area contributed by atoms with E-state index in [1.165, 1.54) is 10.5 Å². The number of hydrogen-bond acceptors (Lipinski definition) is 3. The molecule has 0 aliphatic rings. The fourth-order valence-corrected chi connectivity index (χ4v) is 2.23. The van der Waals surface area contributed by atoms with Gasteiger partial charge in [0.2, 0.25) is 0 Å². The summed E-state index contributed by atoms with van der Waals surface area (Å²) < 4.78 is 0. The van der Waals surface area contributed by atoms with Crippen molar-refractivity contribution in [3.8, 4) is 0 Å². The molecular weight excluding hydrogens is 216 g/mol. The molecule has 0 aliphatic carbocycles. The van der Waals surface area contributed by atoms with Gasteiger partial charge in [0.1, 0.15) is 5.03 Å². The molecule has 1 aromatic heterocycles. The lowest BCUT2D eigenvalue weighted by molar-refractivity contribution is 1.08. The maximum Gasteiger partial charge on any atom is 0.104 e. The normalized spacial score (nSPS) is 10.4. The van der Waals surface area contributed by atoms with Gasteiger partial charge in [-0.05, 0) is 37.6 Å². The second kappa shape index (κ2) is 4.58. The Labute approximate surface area is 99.9 Å². The molecule has 0 saturated carbocycles. The van der Waals surface area contributed by atoms with Gasteiger partial charge in [0.15, 0.2) is 0 Å². The molecule has 2 rings (SSSR count). The lowest BCUT2D eigenvalue weighted by Crippen LogP contribution is -1.90. The molecule has 0 aliphatic heterocycles. The molecule has 0 atom stereocenters. The van der Waals surface area contributed by atoms with Gasteiger partial charge in [-0.3, -0.25) is 0 Å². The van der Waals surface area contributed by atoms with Crippen molar-refractivity contribution in [3.05, 3.63) is 47.7 Å². The van der Waals surface area contributed by atoms with Crippen LogP contribution in [0.2, 0.25) is 0 Å². The molecule has 0 fully saturated rings. The molecule has 2 aromatic rings. The third-order valence-electron chi connectivity index (χ3n) is 2.29. The van der Waals surface area contributed by atoms with Crippen LogP contribution in [-0.4, -0.2) is 4.98 Å². The van der Waals surface area contributed by atoms with Crippen molar-refractivity contribution in [2.45, 2.75) is 23.8 Å². The van der Waals surface area contributed by atoms with Gasteiger partial charge in [-0.2, -0.15) is 0 Å². The predicted molar refractivity (Wildman–Crippen MR) is 68.7 cm³/mol. The molecule has 16 heavy (non-hydrogen) atoms. The number of anilines is 1. The quantitative estimate of drug-likeness (QED) is 0.859. The summed E-state index contributed by atoms with van der Waals surface area (Å²) in [5.41, 5.74) is 8.77. The maximum absolute atomic E-state index is 5.67. The van der Waals surface area contributed by atoms with E-state index in [9.17, 15) is 0 Å². The van der Waals surface area contributed by atoms with Crippen molar-refractivity contribution in [1.82, 2.24) is 4.98 Å². The predicted octanol–water partition coefficient (Wildman–Crippen LogP) is 3.43. The van der Waals surface area contributed by atoms with Crippen LogP contribution < -0.4 is 5.73 Å². The second-order valence-electron chi connectivity index (χ2n) is 3.81. The summed E-state index contributed by atoms with van der Waals surface area (Å²) in [4.78, 5) is 5.53. The summed E-state index contributed by atoms with van der Waals surface area (Å²) in [5.74, 6) is 0. The summed E-state index contributed by atoms with van der Waals surface area (Å²) >= 11 is 1.66. The van der Waals surface area contributed by atoms with Gasteiger partial charge in [0.25, 0.3) is 0 Å². The van der Waals surface area contributed by atoms with Gasteiger partial charge in [-0.25, -0.2) is 4.98 Å². The molecule has 0 saturated heterocycles. The Bertz CT molecular complexity index is 492. The van der Waals surface area contributed by atoms with Crippen molar-refractivity contribution >= 4 is 17.4 Å². The molecule has 1 aromatic carbocycles. The van der Waals surface area contributed by atoms with E-state index in [1.807, 2.05) is 13.0 Å². The van der Waals surface area contributed by atoms with Crippen LogP contribution >= 0.6 is 11.8 Å². The molecule has 2 N–H and O–H groups in total. The average molecular weight is 230 g/mol. The first-order chi connectivity index (χ1) is 7.65. The lowest BCUT2D eigenvalue weighted by atomic mass is 10.2. The minimum absolute atomic E-state index is 0.714. The fourth-order valence-electron chi connectivity index (χ4n) is 1.41. The molecule has 0 amide bonds. The largest absolute Gasteiger partial charge is 0.397 e. The van der Waals surface area contributed by atoms with Crippen LogP contribution in [0, 0.1) is 13.8 Å². The van der Waals surface area contributed by atoms with Crippen LogP contribution in [0.4, 0.5) is 5.69 Å². The average Bonchev–Trinajstić information content (AvgIpc) is 2.25. The van der Waals surface area contributed by atoms with E-state index in [0.29, 0.717) is 5.69 Å². The zero-order valence-electron chi connectivity index (χ0n) is 9.40. The van der Waals surface area contributed by atoms with Crippen LogP contribution in [0.25, 0.3) is 0 Å². The molecule has 1 heterocycles. The summed E-state index contributed by atoms with van der Waals surface area (Å²) in [6.45, 7) is 4.11. The third-order valence-corrected chi connectivity index (χ3v) is 3.42. The molecule has 82 valence electrons. The summed E-state index contributed by atoms with van der Waals surface area (Å²) in [7, 11) is 0. The van der Waals surface area contributed by atoms with Gasteiger partial charge in [0, 0.05) is 4.90 Å². The first-order valence-electron chi connectivity index (χ1n) is 5.12. The summed E-state index contributed by atoms with van der Waals surface area (Å²) in [6.07, 6.45) is 1.70. The Hall–Kier alpha value is -1.48. The number of nitrogens with zero attached hydrogens (tertiary/aromatic N) is 1. The second-order valence-corrected chi connectivity index (χ2v) is 4.87. The highest BCUT2D eigenvalue weighted by Gasteiger charge is 2.02. The molecule has 0 bridgehead atoms. The van der Waals surface area contributed by atoms with E-state index >= 15 is 0 Å². The van der Waals surface area contributed by atoms with E-state index < -0.39 is 0 Å². The number of nitrogen functional groups attached to an aromatic ring is 1. The highest BCUT2D eigenvalue weighted by Crippen LogP contribution is 2.29. The van der Waals surface area contributed by atoms with Crippen molar-refractivity contribution < 1.29 is 0 Å². The number of aromatic nitrogens is 1. The van der Waals surface area contributed by atoms with Crippen LogP contribution in [0.3, 0.4) is 0 Å². The van der Waals surface area contributed by atoms with Crippen molar-refractivity contribution in [2.24, 2.45) is 0 Å². The number of rotatable bonds is 2. The Morgan fingerprint density at radius 3 is 2.44 bits per heavy atom. The Kier molecular flexibility index (Phi) is 3.15. The zero-order chi connectivity index (χ0) is 11.5. The number of benzene rings is 1. The third kappa shape index (κ3) is 2.55. The monoisotopic (exact) mass is 230 g/mol. The Balaban J connectivity index is 2.23. The van der Waals surface area contributed by atoms with E-state index in [0.717, 1.165) is 10.6 Å². The first-order valence-corrected chi connectivity index (χ1v) is 5.93. The number of aryl methyl sites for hydroxylation is 2. The minimum Gasteiger partial charge on any atom is -0.397 e. The van der Waals surface area contributed by atoms with Crippen LogP contribution in [0.1, 0.15) is 11.1 Å². The Morgan fingerprint density at radius 2 is 1.81 bits per heavy atom.